The van der Waals surface area contributed by atoms with E-state index in [2.05, 4.69) is 26.1 Å². The van der Waals surface area contributed by atoms with Crippen molar-refractivity contribution < 1.29 is 4.74 Å². The molecular weight excluding hydrogens is 234 g/mol. The molecule has 1 saturated carbocycles. The standard InChI is InChI=1S/C17H33NO/c1-16(2,3)18-14-17(10-5-4-6-11-17)12-9-15-8-7-13-19-15/h15,18H,4-14H2,1-3H3. The summed E-state index contributed by atoms with van der Waals surface area (Å²) in [6.45, 7) is 9.04. The van der Waals surface area contributed by atoms with Gasteiger partial charge in [0.1, 0.15) is 0 Å². The average molecular weight is 267 g/mol. The van der Waals surface area contributed by atoms with Crippen LogP contribution >= 0.6 is 0 Å². The maximum absolute atomic E-state index is 5.81. The maximum atomic E-state index is 5.81. The Morgan fingerprint density at radius 3 is 2.42 bits per heavy atom. The van der Waals surface area contributed by atoms with Crippen LogP contribution in [0.25, 0.3) is 0 Å². The van der Waals surface area contributed by atoms with Gasteiger partial charge in [-0.3, -0.25) is 0 Å². The molecule has 0 aromatic heterocycles. The summed E-state index contributed by atoms with van der Waals surface area (Å²) in [7, 11) is 0. The third kappa shape index (κ3) is 5.07. The van der Waals surface area contributed by atoms with Crippen LogP contribution in [0.15, 0.2) is 0 Å². The van der Waals surface area contributed by atoms with Crippen LogP contribution in [0.5, 0.6) is 0 Å². The zero-order valence-corrected chi connectivity index (χ0v) is 13.3. The second kappa shape index (κ2) is 6.58. The Balaban J connectivity index is 1.85. The van der Waals surface area contributed by atoms with E-state index in [0.717, 1.165) is 6.61 Å². The lowest BCUT2D eigenvalue weighted by Crippen LogP contribution is -2.45. The molecule has 1 aliphatic carbocycles. The van der Waals surface area contributed by atoms with E-state index >= 15 is 0 Å². The van der Waals surface area contributed by atoms with Crippen LogP contribution in [-0.2, 0) is 4.74 Å². The van der Waals surface area contributed by atoms with Gasteiger partial charge in [-0.15, -0.1) is 0 Å². The molecule has 0 amide bonds. The number of ether oxygens (including phenoxy) is 1. The fraction of sp³-hybridized carbons (Fsp3) is 1.00. The van der Waals surface area contributed by atoms with Gasteiger partial charge in [-0.25, -0.2) is 0 Å². The van der Waals surface area contributed by atoms with Crippen LogP contribution in [0.4, 0.5) is 0 Å². The van der Waals surface area contributed by atoms with Crippen molar-refractivity contribution in [1.82, 2.24) is 5.32 Å². The smallest absolute Gasteiger partial charge is 0.0576 e. The molecule has 0 radical (unpaired) electrons. The molecule has 1 heterocycles. The van der Waals surface area contributed by atoms with Gasteiger partial charge >= 0.3 is 0 Å². The van der Waals surface area contributed by atoms with Gasteiger partial charge in [-0.05, 0) is 64.7 Å². The molecule has 1 atom stereocenters. The van der Waals surface area contributed by atoms with E-state index < -0.39 is 0 Å². The third-order valence-corrected chi connectivity index (χ3v) is 4.93. The summed E-state index contributed by atoms with van der Waals surface area (Å²) in [6, 6.07) is 0. The molecule has 1 aliphatic heterocycles. The quantitative estimate of drug-likeness (QED) is 0.802. The van der Waals surface area contributed by atoms with Crippen molar-refractivity contribution in [2.24, 2.45) is 5.41 Å². The van der Waals surface area contributed by atoms with Gasteiger partial charge < -0.3 is 10.1 Å². The molecule has 1 unspecified atom stereocenters. The first kappa shape index (κ1) is 15.3. The predicted octanol–water partition coefficient (Wildman–Crippen LogP) is 4.28. The summed E-state index contributed by atoms with van der Waals surface area (Å²) in [5, 5.41) is 3.77. The van der Waals surface area contributed by atoms with Gasteiger partial charge in [-0.1, -0.05) is 19.3 Å². The molecular formula is C17H33NO. The Labute approximate surface area is 119 Å². The largest absolute Gasteiger partial charge is 0.378 e. The highest BCUT2D eigenvalue weighted by Crippen LogP contribution is 2.41. The lowest BCUT2D eigenvalue weighted by molar-refractivity contribution is 0.0737. The molecule has 2 fully saturated rings. The average Bonchev–Trinajstić information content (AvgIpc) is 2.88. The molecule has 2 heteroatoms. The molecule has 1 saturated heterocycles. The molecule has 2 rings (SSSR count). The first-order valence-electron chi connectivity index (χ1n) is 8.36. The van der Waals surface area contributed by atoms with Crippen LogP contribution in [0.1, 0.15) is 78.6 Å². The van der Waals surface area contributed by atoms with Crippen LogP contribution in [0.3, 0.4) is 0 Å². The zero-order chi connectivity index (χ0) is 13.8. The minimum atomic E-state index is 0.244. The van der Waals surface area contributed by atoms with Crippen LogP contribution in [0, 0.1) is 5.41 Å². The Kier molecular flexibility index (Phi) is 5.30. The van der Waals surface area contributed by atoms with E-state index in [9.17, 15) is 0 Å². The van der Waals surface area contributed by atoms with Crippen molar-refractivity contribution in [2.75, 3.05) is 13.2 Å². The summed E-state index contributed by atoms with van der Waals surface area (Å²) in [5.41, 5.74) is 0.797. The van der Waals surface area contributed by atoms with Crippen LogP contribution in [0.2, 0.25) is 0 Å². The van der Waals surface area contributed by atoms with Gasteiger partial charge in [0, 0.05) is 18.7 Å². The van der Waals surface area contributed by atoms with Gasteiger partial charge in [0.2, 0.25) is 0 Å². The van der Waals surface area contributed by atoms with Crippen LogP contribution in [-0.4, -0.2) is 24.8 Å². The van der Waals surface area contributed by atoms with E-state index in [1.807, 2.05) is 0 Å². The molecule has 1 N–H and O–H groups in total. The van der Waals surface area contributed by atoms with E-state index in [1.165, 1.54) is 64.3 Å². The zero-order valence-electron chi connectivity index (χ0n) is 13.3. The highest BCUT2D eigenvalue weighted by atomic mass is 16.5. The molecule has 2 aliphatic rings. The van der Waals surface area contributed by atoms with Gasteiger partial charge in [0.15, 0.2) is 0 Å². The Morgan fingerprint density at radius 2 is 1.84 bits per heavy atom. The van der Waals surface area contributed by atoms with E-state index in [-0.39, 0.29) is 5.54 Å². The van der Waals surface area contributed by atoms with E-state index in [4.69, 9.17) is 4.74 Å². The normalized spacial score (nSPS) is 27.6. The Bertz CT molecular complexity index is 257. The van der Waals surface area contributed by atoms with Crippen molar-refractivity contribution in [2.45, 2.75) is 90.2 Å². The molecule has 112 valence electrons. The third-order valence-electron chi connectivity index (χ3n) is 4.93. The topological polar surface area (TPSA) is 21.3 Å². The van der Waals surface area contributed by atoms with Crippen molar-refractivity contribution in [1.29, 1.82) is 0 Å². The molecule has 0 bridgehead atoms. The fourth-order valence-electron chi connectivity index (χ4n) is 3.61. The molecule has 0 aromatic rings. The molecule has 0 spiro atoms. The molecule has 2 nitrogen and oxygen atoms in total. The number of rotatable bonds is 5. The maximum Gasteiger partial charge on any atom is 0.0576 e. The fourth-order valence-corrected chi connectivity index (χ4v) is 3.61. The lowest BCUT2D eigenvalue weighted by atomic mass is 9.70. The summed E-state index contributed by atoms with van der Waals surface area (Å²) in [5.74, 6) is 0. The SMILES string of the molecule is CC(C)(C)NCC1(CCC2CCCO2)CCCCC1. The van der Waals surface area contributed by atoms with Crippen molar-refractivity contribution >= 4 is 0 Å². The van der Waals surface area contributed by atoms with E-state index in [0.29, 0.717) is 11.5 Å². The van der Waals surface area contributed by atoms with E-state index in [1.54, 1.807) is 0 Å². The second-order valence-corrected chi connectivity index (χ2v) is 7.84. The van der Waals surface area contributed by atoms with Gasteiger partial charge in [-0.2, -0.15) is 0 Å². The first-order valence-corrected chi connectivity index (χ1v) is 8.36. The minimum absolute atomic E-state index is 0.244. The number of hydrogen-bond acceptors (Lipinski definition) is 2. The van der Waals surface area contributed by atoms with Crippen molar-refractivity contribution in [3.05, 3.63) is 0 Å². The number of nitrogens with one attached hydrogen (secondary N) is 1. The lowest BCUT2D eigenvalue weighted by Gasteiger charge is -2.40. The minimum Gasteiger partial charge on any atom is -0.378 e. The first-order chi connectivity index (χ1) is 8.99. The summed E-state index contributed by atoms with van der Waals surface area (Å²) >= 11 is 0. The highest BCUT2D eigenvalue weighted by Gasteiger charge is 2.33. The van der Waals surface area contributed by atoms with Gasteiger partial charge in [0.25, 0.3) is 0 Å². The number of hydrogen-bond donors (Lipinski definition) is 1. The second-order valence-electron chi connectivity index (χ2n) is 7.84. The van der Waals surface area contributed by atoms with Crippen molar-refractivity contribution in [3.8, 4) is 0 Å². The molecule has 19 heavy (non-hydrogen) atoms. The Morgan fingerprint density at radius 1 is 1.11 bits per heavy atom. The summed E-state index contributed by atoms with van der Waals surface area (Å²) in [6.07, 6.45) is 12.9. The van der Waals surface area contributed by atoms with Gasteiger partial charge in [0.05, 0.1) is 6.10 Å². The van der Waals surface area contributed by atoms with Crippen molar-refractivity contribution in [3.63, 3.8) is 0 Å². The summed E-state index contributed by atoms with van der Waals surface area (Å²) in [4.78, 5) is 0. The Hall–Kier alpha value is -0.0800. The van der Waals surface area contributed by atoms with Crippen LogP contribution < -0.4 is 5.32 Å². The monoisotopic (exact) mass is 267 g/mol. The molecule has 0 aromatic carbocycles. The summed E-state index contributed by atoms with van der Waals surface area (Å²) < 4.78 is 5.81. The predicted molar refractivity (Wildman–Crippen MR) is 81.5 cm³/mol. The highest BCUT2D eigenvalue weighted by molar-refractivity contribution is 4.88.